The van der Waals surface area contributed by atoms with E-state index in [-0.39, 0.29) is 12.5 Å². The molecule has 5 heteroatoms. The highest BCUT2D eigenvalue weighted by Crippen LogP contribution is 2.26. The number of halogens is 1. The minimum absolute atomic E-state index is 0.0149. The minimum atomic E-state index is -0.0149. The van der Waals surface area contributed by atoms with E-state index in [4.69, 9.17) is 4.74 Å². The van der Waals surface area contributed by atoms with Crippen LogP contribution in [0.15, 0.2) is 22.7 Å². The summed E-state index contributed by atoms with van der Waals surface area (Å²) in [4.78, 5) is 13.3. The number of hydrogen-bond acceptors (Lipinski definition) is 3. The van der Waals surface area contributed by atoms with Gasteiger partial charge in [0.15, 0.2) is 6.61 Å². The number of benzene rings is 1. The topological polar surface area (TPSA) is 41.6 Å². The fraction of sp³-hybridized carbons (Fsp3) is 0.533. The minimum Gasteiger partial charge on any atom is -0.483 e. The van der Waals surface area contributed by atoms with Crippen LogP contribution in [0.3, 0.4) is 0 Å². The normalized spacial score (nSPS) is 14.2. The smallest absolute Gasteiger partial charge is 0.260 e. The Hall–Kier alpha value is -1.07. The predicted molar refractivity (Wildman–Crippen MR) is 82.8 cm³/mol. The van der Waals surface area contributed by atoms with Crippen molar-refractivity contribution in [3.05, 3.63) is 28.2 Å². The Morgan fingerprint density at radius 2 is 2.25 bits per heavy atom. The van der Waals surface area contributed by atoms with E-state index in [1.807, 2.05) is 25.1 Å². The number of rotatable bonds is 7. The zero-order valence-electron chi connectivity index (χ0n) is 12.0. The number of carbonyl (C=O) groups is 1. The zero-order chi connectivity index (χ0) is 14.5. The van der Waals surface area contributed by atoms with Crippen molar-refractivity contribution < 1.29 is 9.53 Å². The SMILES string of the molecule is CCN(C)C(=O)COc1ccc(CNC2CC2)cc1Br. The average molecular weight is 341 g/mol. The van der Waals surface area contributed by atoms with E-state index in [1.54, 1.807) is 11.9 Å². The predicted octanol–water partition coefficient (Wildman–Crippen LogP) is 2.56. The molecule has 0 spiro atoms. The standard InChI is InChI=1S/C15H21BrN2O2/c1-3-18(2)15(19)10-20-14-7-4-11(8-13(14)16)9-17-12-5-6-12/h4,7-8,12,17H,3,5-6,9-10H2,1-2H3. The fourth-order valence-electron chi connectivity index (χ4n) is 1.75. The first-order valence-corrected chi connectivity index (χ1v) is 7.78. The molecule has 1 saturated carbocycles. The highest BCUT2D eigenvalue weighted by Gasteiger charge is 2.20. The molecule has 0 heterocycles. The van der Waals surface area contributed by atoms with Gasteiger partial charge in [-0.05, 0) is 53.4 Å². The summed E-state index contributed by atoms with van der Waals surface area (Å²) >= 11 is 3.50. The van der Waals surface area contributed by atoms with Gasteiger partial charge in [-0.15, -0.1) is 0 Å². The second-order valence-electron chi connectivity index (χ2n) is 5.12. The summed E-state index contributed by atoms with van der Waals surface area (Å²) in [5, 5.41) is 3.47. The molecule has 4 nitrogen and oxygen atoms in total. The van der Waals surface area contributed by atoms with Crippen LogP contribution >= 0.6 is 15.9 Å². The molecule has 1 N–H and O–H groups in total. The molecule has 0 radical (unpaired) electrons. The van der Waals surface area contributed by atoms with Crippen LogP contribution in [0.2, 0.25) is 0 Å². The number of ether oxygens (including phenoxy) is 1. The maximum atomic E-state index is 11.7. The van der Waals surface area contributed by atoms with Gasteiger partial charge in [-0.3, -0.25) is 4.79 Å². The first-order chi connectivity index (χ1) is 9.60. The Morgan fingerprint density at radius 1 is 1.50 bits per heavy atom. The van der Waals surface area contributed by atoms with Crippen molar-refractivity contribution >= 4 is 21.8 Å². The lowest BCUT2D eigenvalue weighted by Gasteiger charge is -2.15. The molecule has 0 saturated heterocycles. The Morgan fingerprint density at radius 3 is 2.85 bits per heavy atom. The van der Waals surface area contributed by atoms with Crippen LogP contribution in [-0.2, 0) is 11.3 Å². The number of nitrogens with one attached hydrogen (secondary N) is 1. The monoisotopic (exact) mass is 340 g/mol. The fourth-order valence-corrected chi connectivity index (χ4v) is 2.29. The molecular formula is C15H21BrN2O2. The lowest BCUT2D eigenvalue weighted by Crippen LogP contribution is -2.31. The van der Waals surface area contributed by atoms with Gasteiger partial charge in [-0.2, -0.15) is 0 Å². The maximum absolute atomic E-state index is 11.7. The number of amides is 1. The quantitative estimate of drug-likeness (QED) is 0.829. The molecule has 0 aromatic heterocycles. The summed E-state index contributed by atoms with van der Waals surface area (Å²) in [5.74, 6) is 0.692. The van der Waals surface area contributed by atoms with Crippen molar-refractivity contribution in [3.8, 4) is 5.75 Å². The molecule has 0 unspecified atom stereocenters. The molecule has 2 rings (SSSR count). The van der Waals surface area contributed by atoms with Crippen molar-refractivity contribution in [2.75, 3.05) is 20.2 Å². The molecule has 20 heavy (non-hydrogen) atoms. The molecule has 0 atom stereocenters. The highest BCUT2D eigenvalue weighted by molar-refractivity contribution is 9.10. The van der Waals surface area contributed by atoms with Crippen molar-refractivity contribution in [2.45, 2.75) is 32.4 Å². The third-order valence-corrected chi connectivity index (χ3v) is 4.04. The van der Waals surface area contributed by atoms with Gasteiger partial charge in [0.25, 0.3) is 5.91 Å². The van der Waals surface area contributed by atoms with Gasteiger partial charge in [0.1, 0.15) is 5.75 Å². The molecule has 110 valence electrons. The van der Waals surface area contributed by atoms with E-state index in [0.29, 0.717) is 18.3 Å². The zero-order valence-corrected chi connectivity index (χ0v) is 13.6. The second kappa shape index (κ2) is 7.09. The Balaban J connectivity index is 1.86. The summed E-state index contributed by atoms with van der Waals surface area (Å²) < 4.78 is 6.44. The van der Waals surface area contributed by atoms with Crippen LogP contribution in [0.4, 0.5) is 0 Å². The lowest BCUT2D eigenvalue weighted by molar-refractivity contribution is -0.131. The number of carbonyl (C=O) groups excluding carboxylic acids is 1. The Bertz CT molecular complexity index is 475. The van der Waals surface area contributed by atoms with Gasteiger partial charge < -0.3 is 15.0 Å². The number of hydrogen-bond donors (Lipinski definition) is 1. The van der Waals surface area contributed by atoms with Gasteiger partial charge in [-0.1, -0.05) is 6.07 Å². The summed E-state index contributed by atoms with van der Waals surface area (Å²) in [7, 11) is 1.77. The van der Waals surface area contributed by atoms with Gasteiger partial charge >= 0.3 is 0 Å². The van der Waals surface area contributed by atoms with E-state index in [2.05, 4.69) is 21.2 Å². The van der Waals surface area contributed by atoms with E-state index >= 15 is 0 Å². The van der Waals surface area contributed by atoms with E-state index in [9.17, 15) is 4.79 Å². The van der Waals surface area contributed by atoms with Crippen LogP contribution in [-0.4, -0.2) is 37.0 Å². The second-order valence-corrected chi connectivity index (χ2v) is 5.97. The molecule has 0 bridgehead atoms. The molecule has 1 aliphatic carbocycles. The third-order valence-electron chi connectivity index (χ3n) is 3.42. The van der Waals surface area contributed by atoms with Crippen LogP contribution < -0.4 is 10.1 Å². The van der Waals surface area contributed by atoms with Crippen LogP contribution in [0.25, 0.3) is 0 Å². The molecule has 1 amide bonds. The van der Waals surface area contributed by atoms with Gasteiger partial charge in [0.05, 0.1) is 4.47 Å². The summed E-state index contributed by atoms with van der Waals surface area (Å²) in [6.07, 6.45) is 2.57. The summed E-state index contributed by atoms with van der Waals surface area (Å²) in [5.41, 5.74) is 1.22. The summed E-state index contributed by atoms with van der Waals surface area (Å²) in [6.45, 7) is 3.58. The first kappa shape index (κ1) is 15.3. The van der Waals surface area contributed by atoms with E-state index in [1.165, 1.54) is 18.4 Å². The first-order valence-electron chi connectivity index (χ1n) is 6.98. The van der Waals surface area contributed by atoms with Gasteiger partial charge in [0.2, 0.25) is 0 Å². The number of nitrogens with zero attached hydrogens (tertiary/aromatic N) is 1. The Kier molecular flexibility index (Phi) is 5.43. The molecule has 1 aromatic carbocycles. The lowest BCUT2D eigenvalue weighted by atomic mass is 10.2. The van der Waals surface area contributed by atoms with Crippen molar-refractivity contribution in [3.63, 3.8) is 0 Å². The van der Waals surface area contributed by atoms with E-state index in [0.717, 1.165) is 11.0 Å². The van der Waals surface area contributed by atoms with Crippen LogP contribution in [0, 0.1) is 0 Å². The van der Waals surface area contributed by atoms with Crippen molar-refractivity contribution in [1.29, 1.82) is 0 Å². The van der Waals surface area contributed by atoms with Gasteiger partial charge in [0, 0.05) is 26.2 Å². The van der Waals surface area contributed by atoms with Crippen molar-refractivity contribution in [2.24, 2.45) is 0 Å². The molecule has 1 aliphatic rings. The maximum Gasteiger partial charge on any atom is 0.260 e. The molecule has 1 aromatic rings. The largest absolute Gasteiger partial charge is 0.483 e. The van der Waals surface area contributed by atoms with E-state index < -0.39 is 0 Å². The van der Waals surface area contributed by atoms with Crippen molar-refractivity contribution in [1.82, 2.24) is 10.2 Å². The highest BCUT2D eigenvalue weighted by atomic mass is 79.9. The van der Waals surface area contributed by atoms with Gasteiger partial charge in [-0.25, -0.2) is 0 Å². The third kappa shape index (κ3) is 4.49. The average Bonchev–Trinajstić information content (AvgIpc) is 3.27. The Labute approximate surface area is 128 Å². The number of likely N-dealkylation sites (N-methyl/N-ethyl adjacent to an activating group) is 1. The molecular weight excluding hydrogens is 320 g/mol. The van der Waals surface area contributed by atoms with Crippen LogP contribution in [0.5, 0.6) is 5.75 Å². The van der Waals surface area contributed by atoms with Crippen LogP contribution in [0.1, 0.15) is 25.3 Å². The molecule has 0 aliphatic heterocycles. The summed E-state index contributed by atoms with van der Waals surface area (Å²) in [6, 6.07) is 6.68. The molecule has 1 fully saturated rings.